The van der Waals surface area contributed by atoms with E-state index in [2.05, 4.69) is 5.32 Å². The number of likely N-dealkylation sites (N-methyl/N-ethyl adjacent to an activating group) is 1. The molecular weight excluding hydrogens is 370 g/mol. The SMILES string of the molecule is CCOC(=O)c1ccc(N2CC3=C(C2=O)C(c2ccccc2)NC(=O)N3C)cc1. The first-order valence-electron chi connectivity index (χ1n) is 9.42. The number of hydrogen-bond donors (Lipinski definition) is 1. The van der Waals surface area contributed by atoms with Gasteiger partial charge in [-0.25, -0.2) is 9.59 Å². The fourth-order valence-corrected chi connectivity index (χ4v) is 3.66. The van der Waals surface area contributed by atoms with Gasteiger partial charge in [-0.3, -0.25) is 9.69 Å². The molecule has 1 atom stereocenters. The molecule has 29 heavy (non-hydrogen) atoms. The molecule has 0 spiro atoms. The molecule has 7 heteroatoms. The summed E-state index contributed by atoms with van der Waals surface area (Å²) >= 11 is 0. The Morgan fingerprint density at radius 2 is 1.79 bits per heavy atom. The van der Waals surface area contributed by atoms with E-state index in [-0.39, 0.29) is 11.9 Å². The van der Waals surface area contributed by atoms with Gasteiger partial charge in [0.2, 0.25) is 0 Å². The third-order valence-corrected chi connectivity index (χ3v) is 5.18. The van der Waals surface area contributed by atoms with Gasteiger partial charge in [0.15, 0.2) is 0 Å². The Balaban J connectivity index is 1.65. The van der Waals surface area contributed by atoms with Crippen molar-refractivity contribution in [2.24, 2.45) is 0 Å². The van der Waals surface area contributed by atoms with Crippen molar-refractivity contribution in [3.8, 4) is 0 Å². The average Bonchev–Trinajstić information content (AvgIpc) is 3.09. The van der Waals surface area contributed by atoms with Crippen LogP contribution in [0.15, 0.2) is 65.9 Å². The minimum Gasteiger partial charge on any atom is -0.462 e. The van der Waals surface area contributed by atoms with E-state index in [0.717, 1.165) is 5.56 Å². The van der Waals surface area contributed by atoms with Gasteiger partial charge >= 0.3 is 12.0 Å². The van der Waals surface area contributed by atoms with Crippen molar-refractivity contribution in [1.82, 2.24) is 10.2 Å². The van der Waals surface area contributed by atoms with Gasteiger partial charge < -0.3 is 15.0 Å². The van der Waals surface area contributed by atoms with Gasteiger partial charge in [0.25, 0.3) is 5.91 Å². The van der Waals surface area contributed by atoms with Gasteiger partial charge in [-0.1, -0.05) is 30.3 Å². The molecule has 1 unspecified atom stereocenters. The number of amides is 3. The molecule has 2 aromatic carbocycles. The Labute approximate surface area is 168 Å². The predicted molar refractivity (Wildman–Crippen MR) is 107 cm³/mol. The Kier molecular flexibility index (Phi) is 4.80. The predicted octanol–water partition coefficient (Wildman–Crippen LogP) is 2.86. The van der Waals surface area contributed by atoms with Crippen LogP contribution in [0.1, 0.15) is 28.9 Å². The molecule has 1 N–H and O–H groups in total. The highest BCUT2D eigenvalue weighted by Crippen LogP contribution is 2.37. The molecule has 2 aromatic rings. The summed E-state index contributed by atoms with van der Waals surface area (Å²) in [6.45, 7) is 2.34. The molecule has 0 bridgehead atoms. The lowest BCUT2D eigenvalue weighted by molar-refractivity contribution is -0.114. The number of urea groups is 1. The number of carbonyl (C=O) groups is 3. The van der Waals surface area contributed by atoms with Gasteiger partial charge in [-0.05, 0) is 36.8 Å². The van der Waals surface area contributed by atoms with Gasteiger partial charge in [-0.15, -0.1) is 0 Å². The minimum atomic E-state index is -0.494. The summed E-state index contributed by atoms with van der Waals surface area (Å²) < 4.78 is 5.00. The number of nitrogens with one attached hydrogen (secondary N) is 1. The monoisotopic (exact) mass is 391 g/mol. The molecule has 2 aliphatic rings. The number of nitrogens with zero attached hydrogens (tertiary/aromatic N) is 2. The second kappa shape index (κ2) is 7.43. The largest absolute Gasteiger partial charge is 0.462 e. The first-order valence-corrected chi connectivity index (χ1v) is 9.42. The molecule has 2 heterocycles. The minimum absolute atomic E-state index is 0.162. The van der Waals surface area contributed by atoms with Crippen molar-refractivity contribution in [2.45, 2.75) is 13.0 Å². The third-order valence-electron chi connectivity index (χ3n) is 5.18. The molecule has 0 saturated heterocycles. The van der Waals surface area contributed by atoms with Crippen LogP contribution in [0.5, 0.6) is 0 Å². The van der Waals surface area contributed by atoms with Crippen molar-refractivity contribution in [1.29, 1.82) is 0 Å². The lowest BCUT2D eigenvalue weighted by Gasteiger charge is -2.31. The zero-order valence-electron chi connectivity index (χ0n) is 16.2. The van der Waals surface area contributed by atoms with Crippen LogP contribution in [0.4, 0.5) is 10.5 Å². The summed E-state index contributed by atoms with van der Waals surface area (Å²) in [5, 5.41) is 2.91. The van der Waals surface area contributed by atoms with Gasteiger partial charge in [0.1, 0.15) is 0 Å². The summed E-state index contributed by atoms with van der Waals surface area (Å²) in [6.07, 6.45) is 0. The first-order chi connectivity index (χ1) is 14.0. The van der Waals surface area contributed by atoms with E-state index in [1.807, 2.05) is 30.3 Å². The Morgan fingerprint density at radius 3 is 2.45 bits per heavy atom. The van der Waals surface area contributed by atoms with E-state index < -0.39 is 12.0 Å². The highest BCUT2D eigenvalue weighted by atomic mass is 16.5. The van der Waals surface area contributed by atoms with E-state index in [1.54, 1.807) is 43.1 Å². The van der Waals surface area contributed by atoms with E-state index in [0.29, 0.717) is 35.7 Å². The number of carbonyl (C=O) groups excluding carboxylic acids is 3. The maximum absolute atomic E-state index is 13.3. The molecule has 0 aromatic heterocycles. The highest BCUT2D eigenvalue weighted by Gasteiger charge is 2.43. The van der Waals surface area contributed by atoms with Gasteiger partial charge in [0, 0.05) is 12.7 Å². The fraction of sp³-hybridized carbons (Fsp3) is 0.227. The Bertz CT molecular complexity index is 998. The van der Waals surface area contributed by atoms with E-state index in [1.165, 1.54) is 4.90 Å². The van der Waals surface area contributed by atoms with Gasteiger partial charge in [0.05, 0.1) is 36.0 Å². The first kappa shape index (κ1) is 18.7. The van der Waals surface area contributed by atoms with E-state index in [4.69, 9.17) is 4.74 Å². The van der Waals surface area contributed by atoms with Crippen LogP contribution in [0.2, 0.25) is 0 Å². The van der Waals surface area contributed by atoms with E-state index >= 15 is 0 Å². The Morgan fingerprint density at radius 1 is 1.10 bits per heavy atom. The fourth-order valence-electron chi connectivity index (χ4n) is 3.66. The number of ether oxygens (including phenoxy) is 1. The second-order valence-corrected chi connectivity index (χ2v) is 6.87. The number of esters is 1. The standard InChI is InChI=1S/C22H21N3O4/c1-3-29-21(27)15-9-11-16(12-10-15)25-13-17-18(20(25)26)19(23-22(28)24(17)2)14-7-5-4-6-8-14/h4-12,19H,3,13H2,1-2H3,(H,23,28). The van der Waals surface area contributed by atoms with Crippen LogP contribution in [0, 0.1) is 0 Å². The molecule has 148 valence electrons. The molecule has 3 amide bonds. The maximum atomic E-state index is 13.3. The molecule has 7 nitrogen and oxygen atoms in total. The quantitative estimate of drug-likeness (QED) is 0.813. The molecule has 2 aliphatic heterocycles. The molecule has 0 saturated carbocycles. The lowest BCUT2D eigenvalue weighted by atomic mass is 9.96. The van der Waals surface area contributed by atoms with Crippen LogP contribution in [-0.2, 0) is 9.53 Å². The highest BCUT2D eigenvalue weighted by molar-refractivity contribution is 6.11. The van der Waals surface area contributed by atoms with Crippen LogP contribution >= 0.6 is 0 Å². The molecule has 0 aliphatic carbocycles. The smallest absolute Gasteiger partial charge is 0.338 e. The topological polar surface area (TPSA) is 79.0 Å². The average molecular weight is 391 g/mol. The van der Waals surface area contributed by atoms with Crippen molar-refractivity contribution in [3.63, 3.8) is 0 Å². The van der Waals surface area contributed by atoms with Crippen LogP contribution in [0.25, 0.3) is 0 Å². The van der Waals surface area contributed by atoms with Crippen molar-refractivity contribution in [3.05, 3.63) is 77.0 Å². The summed E-state index contributed by atoms with van der Waals surface area (Å²) in [4.78, 5) is 40.7. The number of hydrogen-bond acceptors (Lipinski definition) is 4. The number of benzene rings is 2. The third kappa shape index (κ3) is 3.24. The summed E-state index contributed by atoms with van der Waals surface area (Å²) in [6, 6.07) is 15.4. The van der Waals surface area contributed by atoms with Gasteiger partial charge in [-0.2, -0.15) is 0 Å². The molecule has 0 fully saturated rings. The summed E-state index contributed by atoms with van der Waals surface area (Å²) in [5.74, 6) is -0.563. The zero-order chi connectivity index (χ0) is 20.5. The molecule has 4 rings (SSSR count). The van der Waals surface area contributed by atoms with E-state index in [9.17, 15) is 14.4 Å². The van der Waals surface area contributed by atoms with Crippen LogP contribution in [-0.4, -0.2) is 43.0 Å². The summed E-state index contributed by atoms with van der Waals surface area (Å²) in [5.41, 5.74) is 3.19. The van der Waals surface area contributed by atoms with Crippen molar-refractivity contribution >= 4 is 23.6 Å². The lowest BCUT2D eigenvalue weighted by Crippen LogP contribution is -2.45. The normalized spacial score (nSPS) is 18.6. The number of rotatable bonds is 4. The molecular formula is C22H21N3O4. The maximum Gasteiger partial charge on any atom is 0.338 e. The second-order valence-electron chi connectivity index (χ2n) is 6.87. The summed E-state index contributed by atoms with van der Waals surface area (Å²) in [7, 11) is 1.66. The Hall–Kier alpha value is -3.61. The zero-order valence-corrected chi connectivity index (χ0v) is 16.2. The number of anilines is 1. The van der Waals surface area contributed by atoms with Crippen molar-refractivity contribution in [2.75, 3.05) is 25.1 Å². The van der Waals surface area contributed by atoms with Crippen molar-refractivity contribution < 1.29 is 19.1 Å². The van der Waals surface area contributed by atoms with Crippen LogP contribution in [0.3, 0.4) is 0 Å². The molecule has 0 radical (unpaired) electrons. The van der Waals surface area contributed by atoms with Crippen LogP contribution < -0.4 is 10.2 Å².